The molecule has 4 N–H and O–H groups in total. The zero-order valence-corrected chi connectivity index (χ0v) is 11.2. The second kappa shape index (κ2) is 4.83. The van der Waals surface area contributed by atoms with Crippen LogP contribution >= 0.6 is 11.8 Å². The molecule has 0 aliphatic heterocycles. The normalized spacial score (nSPS) is 12.9. The largest absolute Gasteiger partial charge is 0.398 e. The average Bonchev–Trinajstić information content (AvgIpc) is 2.19. The van der Waals surface area contributed by atoms with Crippen LogP contribution in [0.1, 0.15) is 33.3 Å². The molecule has 0 atom stereocenters. The molecule has 0 unspecified atom stereocenters. The van der Waals surface area contributed by atoms with E-state index in [4.69, 9.17) is 11.5 Å². The summed E-state index contributed by atoms with van der Waals surface area (Å²) in [6.07, 6.45) is 1.88. The summed E-state index contributed by atoms with van der Waals surface area (Å²) in [6.45, 7) is 8.45. The minimum Gasteiger partial charge on any atom is -0.398 e. The molecule has 0 aliphatic carbocycles. The van der Waals surface area contributed by atoms with Crippen molar-refractivity contribution in [3.8, 4) is 0 Å². The Morgan fingerprint density at radius 3 is 2.38 bits per heavy atom. The summed E-state index contributed by atoms with van der Waals surface area (Å²) in [5, 5.41) is 0.773. The van der Waals surface area contributed by atoms with Gasteiger partial charge in [0.2, 0.25) is 0 Å². The summed E-state index contributed by atoms with van der Waals surface area (Å²) in [5.74, 6) is 0. The van der Waals surface area contributed by atoms with E-state index in [0.29, 0.717) is 0 Å². The van der Waals surface area contributed by atoms with Gasteiger partial charge in [0.25, 0.3) is 0 Å². The van der Waals surface area contributed by atoms with E-state index in [0.717, 1.165) is 15.6 Å². The van der Waals surface area contributed by atoms with Gasteiger partial charge in [-0.3, -0.25) is 0 Å². The minimum atomic E-state index is 0.128. The predicted octanol–water partition coefficient (Wildman–Crippen LogP) is 3.48. The van der Waals surface area contributed by atoms with Crippen molar-refractivity contribution in [2.45, 2.75) is 38.0 Å². The number of thioether (sulfide) groups is 1. The number of anilines is 1. The molecule has 1 aromatic rings. The van der Waals surface area contributed by atoms with Crippen molar-refractivity contribution in [2.75, 3.05) is 5.73 Å². The second-order valence-electron chi connectivity index (χ2n) is 4.80. The van der Waals surface area contributed by atoms with Crippen LogP contribution in [0.15, 0.2) is 34.2 Å². The molecule has 0 fully saturated rings. The van der Waals surface area contributed by atoms with Gasteiger partial charge in [0, 0.05) is 10.6 Å². The van der Waals surface area contributed by atoms with Crippen LogP contribution in [-0.4, -0.2) is 0 Å². The third-order valence-electron chi connectivity index (χ3n) is 2.39. The molecule has 2 nitrogen and oxygen atoms in total. The van der Waals surface area contributed by atoms with Gasteiger partial charge in [-0.25, -0.2) is 0 Å². The van der Waals surface area contributed by atoms with Gasteiger partial charge in [-0.15, -0.1) is 0 Å². The van der Waals surface area contributed by atoms with Gasteiger partial charge in [0.15, 0.2) is 0 Å². The van der Waals surface area contributed by atoms with Crippen molar-refractivity contribution in [1.82, 2.24) is 0 Å². The van der Waals surface area contributed by atoms with E-state index >= 15 is 0 Å². The van der Waals surface area contributed by atoms with E-state index in [9.17, 15) is 0 Å². The second-order valence-corrected chi connectivity index (χ2v) is 5.91. The molecule has 1 rings (SSSR count). The van der Waals surface area contributed by atoms with Crippen molar-refractivity contribution in [3.63, 3.8) is 0 Å². The molecule has 0 amide bonds. The highest BCUT2D eigenvalue weighted by molar-refractivity contribution is 8.03. The van der Waals surface area contributed by atoms with Gasteiger partial charge in [0.05, 0.1) is 5.03 Å². The number of benzene rings is 1. The van der Waals surface area contributed by atoms with Gasteiger partial charge in [0.1, 0.15) is 0 Å². The lowest BCUT2D eigenvalue weighted by atomic mass is 9.87. The molecule has 1 aromatic carbocycles. The highest BCUT2D eigenvalue weighted by Gasteiger charge is 2.14. The van der Waals surface area contributed by atoms with E-state index in [2.05, 4.69) is 26.8 Å². The lowest BCUT2D eigenvalue weighted by Gasteiger charge is -2.20. The van der Waals surface area contributed by atoms with E-state index in [-0.39, 0.29) is 5.41 Å². The summed E-state index contributed by atoms with van der Waals surface area (Å²) >= 11 is 1.50. The van der Waals surface area contributed by atoms with Gasteiger partial charge in [-0.05, 0) is 30.0 Å². The van der Waals surface area contributed by atoms with Crippen LogP contribution in [0.3, 0.4) is 0 Å². The smallest absolute Gasteiger partial charge is 0.0660 e. The Bertz CT molecular complexity index is 403. The first kappa shape index (κ1) is 13.0. The fourth-order valence-electron chi connectivity index (χ4n) is 1.29. The highest BCUT2D eigenvalue weighted by atomic mass is 32.2. The molecular weight excluding hydrogens is 216 g/mol. The van der Waals surface area contributed by atoms with Crippen molar-refractivity contribution >= 4 is 17.4 Å². The minimum absolute atomic E-state index is 0.128. The van der Waals surface area contributed by atoms with E-state index in [1.165, 1.54) is 17.3 Å². The molecule has 0 saturated carbocycles. The van der Waals surface area contributed by atoms with Crippen molar-refractivity contribution in [1.29, 1.82) is 0 Å². The van der Waals surface area contributed by atoms with Crippen LogP contribution in [0, 0.1) is 0 Å². The quantitative estimate of drug-likeness (QED) is 0.610. The van der Waals surface area contributed by atoms with E-state index < -0.39 is 0 Å². The van der Waals surface area contributed by atoms with Crippen LogP contribution in [0.5, 0.6) is 0 Å². The van der Waals surface area contributed by atoms with Crippen LogP contribution < -0.4 is 11.5 Å². The Balaban J connectivity index is 3.01. The predicted molar refractivity (Wildman–Crippen MR) is 73.4 cm³/mol. The summed E-state index contributed by atoms with van der Waals surface area (Å²) in [6, 6.07) is 6.18. The van der Waals surface area contributed by atoms with Crippen LogP contribution in [-0.2, 0) is 5.41 Å². The summed E-state index contributed by atoms with van der Waals surface area (Å²) in [4.78, 5) is 1.02. The maximum Gasteiger partial charge on any atom is 0.0660 e. The van der Waals surface area contributed by atoms with Gasteiger partial charge in [-0.2, -0.15) is 0 Å². The molecule has 0 saturated heterocycles. The van der Waals surface area contributed by atoms with Crippen LogP contribution in [0.25, 0.3) is 0 Å². The number of rotatable bonds is 2. The van der Waals surface area contributed by atoms with Crippen molar-refractivity contribution in [2.24, 2.45) is 5.73 Å². The van der Waals surface area contributed by atoms with Gasteiger partial charge in [-0.1, -0.05) is 44.7 Å². The average molecular weight is 236 g/mol. The van der Waals surface area contributed by atoms with Gasteiger partial charge < -0.3 is 11.5 Å². The maximum atomic E-state index is 6.02. The monoisotopic (exact) mass is 236 g/mol. The topological polar surface area (TPSA) is 52.0 Å². The third kappa shape index (κ3) is 3.20. The first-order chi connectivity index (χ1) is 7.34. The molecule has 0 spiro atoms. The molecule has 16 heavy (non-hydrogen) atoms. The first-order valence-electron chi connectivity index (χ1n) is 5.34. The fraction of sp³-hybridized carbons (Fsp3) is 0.385. The molecule has 88 valence electrons. The first-order valence-corrected chi connectivity index (χ1v) is 6.16. The van der Waals surface area contributed by atoms with E-state index in [1.54, 1.807) is 0 Å². The number of hydrogen-bond donors (Lipinski definition) is 2. The van der Waals surface area contributed by atoms with Gasteiger partial charge >= 0.3 is 0 Å². The standard InChI is InChI=1S/C13H20N2S/c1-5-12(15)16-11-7-6-9(8-10(11)14)13(2,3)4/h5-8H,14-15H2,1-4H3/b12-5-. The molecular formula is C13H20N2S. The lowest BCUT2D eigenvalue weighted by molar-refractivity contribution is 0.590. The highest BCUT2D eigenvalue weighted by Crippen LogP contribution is 2.32. The SMILES string of the molecule is C/C=C(/N)Sc1ccc(C(C)(C)C)cc1N. The Kier molecular flexibility index (Phi) is 3.92. The Morgan fingerprint density at radius 1 is 1.31 bits per heavy atom. The van der Waals surface area contributed by atoms with Crippen LogP contribution in [0.2, 0.25) is 0 Å². The lowest BCUT2D eigenvalue weighted by Crippen LogP contribution is -2.11. The summed E-state index contributed by atoms with van der Waals surface area (Å²) in [7, 11) is 0. The fourth-order valence-corrected chi connectivity index (χ4v) is 1.98. The third-order valence-corrected chi connectivity index (χ3v) is 3.45. The molecule has 0 radical (unpaired) electrons. The Hall–Kier alpha value is -1.09. The molecule has 3 heteroatoms. The summed E-state index contributed by atoms with van der Waals surface area (Å²) in [5.41, 5.74) is 13.9. The Morgan fingerprint density at radius 2 is 1.94 bits per heavy atom. The molecule has 0 heterocycles. The zero-order valence-electron chi connectivity index (χ0n) is 10.4. The number of nitrogen functional groups attached to an aromatic ring is 1. The van der Waals surface area contributed by atoms with Crippen LogP contribution in [0.4, 0.5) is 5.69 Å². The molecule has 0 bridgehead atoms. The number of nitrogens with two attached hydrogens (primary N) is 2. The number of hydrogen-bond acceptors (Lipinski definition) is 3. The van der Waals surface area contributed by atoms with Crippen molar-refractivity contribution < 1.29 is 0 Å². The Labute approximate surface area is 102 Å². The van der Waals surface area contributed by atoms with E-state index in [1.807, 2.05) is 25.1 Å². The molecule has 0 aromatic heterocycles. The zero-order chi connectivity index (χ0) is 12.3. The maximum absolute atomic E-state index is 6.02. The van der Waals surface area contributed by atoms with Crippen molar-refractivity contribution in [3.05, 3.63) is 34.9 Å². The number of allylic oxidation sites excluding steroid dienone is 1. The summed E-state index contributed by atoms with van der Waals surface area (Å²) < 4.78 is 0. The molecule has 0 aliphatic rings.